The summed E-state index contributed by atoms with van der Waals surface area (Å²) in [5, 5.41) is 2.73. The van der Waals surface area contributed by atoms with Gasteiger partial charge in [-0.1, -0.05) is 0 Å². The molecule has 1 atom stereocenters. The SMILES string of the molecule is CC[NH+](CC(=O)Nc1ccc(F)cc1)Cc1ccc(OC)c(F)c1. The van der Waals surface area contributed by atoms with Gasteiger partial charge in [0.2, 0.25) is 0 Å². The molecule has 1 unspecified atom stereocenters. The fourth-order valence-corrected chi connectivity index (χ4v) is 2.39. The normalized spacial score (nSPS) is 11.8. The highest BCUT2D eigenvalue weighted by Crippen LogP contribution is 2.17. The average Bonchev–Trinajstić information content (AvgIpc) is 2.56. The van der Waals surface area contributed by atoms with E-state index in [0.29, 0.717) is 18.8 Å². The van der Waals surface area contributed by atoms with Gasteiger partial charge in [-0.25, -0.2) is 8.78 Å². The van der Waals surface area contributed by atoms with Gasteiger partial charge < -0.3 is 15.0 Å². The molecule has 0 aliphatic rings. The van der Waals surface area contributed by atoms with Crippen LogP contribution >= 0.6 is 0 Å². The standard InChI is InChI=1S/C18H20F2N2O2/c1-3-22(11-13-4-9-17(24-2)16(20)10-13)12-18(23)21-15-7-5-14(19)6-8-15/h4-10H,3,11-12H2,1-2H3,(H,21,23)/p+1. The summed E-state index contributed by atoms with van der Waals surface area (Å²) in [6.07, 6.45) is 0. The number of quaternary nitrogens is 1. The molecule has 0 fully saturated rings. The number of benzene rings is 2. The summed E-state index contributed by atoms with van der Waals surface area (Å²) in [5.41, 5.74) is 1.34. The molecule has 0 radical (unpaired) electrons. The van der Waals surface area contributed by atoms with E-state index in [-0.39, 0.29) is 24.0 Å². The zero-order valence-corrected chi connectivity index (χ0v) is 13.7. The van der Waals surface area contributed by atoms with Crippen LogP contribution in [0.4, 0.5) is 14.5 Å². The number of carbonyl (C=O) groups excluding carboxylic acids is 1. The van der Waals surface area contributed by atoms with Gasteiger partial charge in [-0.05, 0) is 49.4 Å². The Bertz CT molecular complexity index is 690. The highest BCUT2D eigenvalue weighted by atomic mass is 19.1. The van der Waals surface area contributed by atoms with Crippen molar-refractivity contribution in [3.8, 4) is 5.75 Å². The van der Waals surface area contributed by atoms with Crippen molar-refractivity contribution in [2.24, 2.45) is 0 Å². The van der Waals surface area contributed by atoms with Crippen LogP contribution in [-0.2, 0) is 11.3 Å². The predicted molar refractivity (Wildman–Crippen MR) is 88.1 cm³/mol. The van der Waals surface area contributed by atoms with Crippen LogP contribution in [0.2, 0.25) is 0 Å². The Morgan fingerprint density at radius 2 is 1.88 bits per heavy atom. The van der Waals surface area contributed by atoms with Gasteiger partial charge in [-0.15, -0.1) is 0 Å². The van der Waals surface area contributed by atoms with E-state index in [2.05, 4.69) is 5.32 Å². The minimum absolute atomic E-state index is 0.174. The molecule has 6 heteroatoms. The quantitative estimate of drug-likeness (QED) is 0.813. The second-order valence-electron chi connectivity index (χ2n) is 5.48. The Balaban J connectivity index is 1.94. The molecule has 0 bridgehead atoms. The maximum atomic E-state index is 13.7. The van der Waals surface area contributed by atoms with Crippen molar-refractivity contribution in [3.05, 3.63) is 59.7 Å². The lowest BCUT2D eigenvalue weighted by Crippen LogP contribution is -3.11. The molecular weight excluding hydrogens is 314 g/mol. The zero-order chi connectivity index (χ0) is 17.5. The second-order valence-corrected chi connectivity index (χ2v) is 5.48. The Labute approximate surface area is 140 Å². The van der Waals surface area contributed by atoms with Crippen molar-refractivity contribution in [3.63, 3.8) is 0 Å². The van der Waals surface area contributed by atoms with Crippen molar-refractivity contribution in [2.45, 2.75) is 13.5 Å². The highest BCUT2D eigenvalue weighted by molar-refractivity contribution is 5.91. The van der Waals surface area contributed by atoms with Gasteiger partial charge in [0.25, 0.3) is 5.91 Å². The maximum absolute atomic E-state index is 13.7. The van der Waals surface area contributed by atoms with Crippen LogP contribution < -0.4 is 15.0 Å². The lowest BCUT2D eigenvalue weighted by Gasteiger charge is -2.17. The number of hydrogen-bond donors (Lipinski definition) is 2. The number of methoxy groups -OCH3 is 1. The van der Waals surface area contributed by atoms with Crippen LogP contribution in [0.25, 0.3) is 0 Å². The minimum Gasteiger partial charge on any atom is -0.494 e. The summed E-state index contributed by atoms with van der Waals surface area (Å²) in [6, 6.07) is 10.4. The first-order valence-electron chi connectivity index (χ1n) is 7.73. The lowest BCUT2D eigenvalue weighted by atomic mass is 10.2. The van der Waals surface area contributed by atoms with E-state index in [9.17, 15) is 13.6 Å². The monoisotopic (exact) mass is 335 g/mol. The number of halogens is 2. The summed E-state index contributed by atoms with van der Waals surface area (Å²) in [7, 11) is 1.42. The van der Waals surface area contributed by atoms with Gasteiger partial charge in [0.05, 0.1) is 13.7 Å². The van der Waals surface area contributed by atoms with Crippen LogP contribution in [-0.4, -0.2) is 26.1 Å². The first kappa shape index (κ1) is 17.9. The molecule has 4 nitrogen and oxygen atoms in total. The molecule has 0 aromatic heterocycles. The third-order valence-electron chi connectivity index (χ3n) is 3.71. The summed E-state index contributed by atoms with van der Waals surface area (Å²) < 4.78 is 31.5. The van der Waals surface area contributed by atoms with Crippen LogP contribution in [0.3, 0.4) is 0 Å². The molecule has 0 heterocycles. The number of hydrogen-bond acceptors (Lipinski definition) is 2. The number of nitrogens with one attached hydrogen (secondary N) is 2. The summed E-state index contributed by atoms with van der Waals surface area (Å²) in [6.45, 7) is 3.43. The Kier molecular flexibility index (Phi) is 6.26. The van der Waals surface area contributed by atoms with Gasteiger partial charge in [-0.3, -0.25) is 4.79 Å². The summed E-state index contributed by atoms with van der Waals surface area (Å²) in [5.74, 6) is -0.741. The van der Waals surface area contributed by atoms with Crippen molar-refractivity contribution >= 4 is 11.6 Å². The number of likely N-dealkylation sites (N-methyl/N-ethyl adjacent to an activating group) is 1. The minimum atomic E-state index is -0.416. The Morgan fingerprint density at radius 1 is 1.17 bits per heavy atom. The van der Waals surface area contributed by atoms with Gasteiger partial charge in [0, 0.05) is 11.3 Å². The fourth-order valence-electron chi connectivity index (χ4n) is 2.39. The predicted octanol–water partition coefficient (Wildman–Crippen LogP) is 2.02. The molecule has 24 heavy (non-hydrogen) atoms. The van der Waals surface area contributed by atoms with Crippen LogP contribution in [0, 0.1) is 11.6 Å². The number of rotatable bonds is 7. The van der Waals surface area contributed by atoms with Gasteiger partial charge in [0.15, 0.2) is 18.1 Å². The van der Waals surface area contributed by atoms with Crippen molar-refractivity contribution in [1.82, 2.24) is 0 Å². The van der Waals surface area contributed by atoms with E-state index < -0.39 is 5.82 Å². The fraction of sp³-hybridized carbons (Fsp3) is 0.278. The number of ether oxygens (including phenoxy) is 1. The average molecular weight is 335 g/mol. The van der Waals surface area contributed by atoms with Crippen LogP contribution in [0.5, 0.6) is 5.75 Å². The molecule has 0 saturated heterocycles. The molecular formula is C18H21F2N2O2+. The summed E-state index contributed by atoms with van der Waals surface area (Å²) >= 11 is 0. The molecule has 0 aliphatic heterocycles. The Morgan fingerprint density at radius 3 is 2.46 bits per heavy atom. The molecule has 2 N–H and O–H groups in total. The maximum Gasteiger partial charge on any atom is 0.279 e. The van der Waals surface area contributed by atoms with E-state index in [1.165, 1.54) is 37.4 Å². The molecule has 0 saturated carbocycles. The molecule has 0 aliphatic carbocycles. The van der Waals surface area contributed by atoms with E-state index in [0.717, 1.165) is 10.5 Å². The molecule has 128 valence electrons. The van der Waals surface area contributed by atoms with Crippen molar-refractivity contribution in [1.29, 1.82) is 0 Å². The van der Waals surface area contributed by atoms with E-state index in [4.69, 9.17) is 4.74 Å². The van der Waals surface area contributed by atoms with E-state index in [1.807, 2.05) is 6.92 Å². The molecule has 2 aromatic rings. The summed E-state index contributed by atoms with van der Waals surface area (Å²) in [4.78, 5) is 13.1. The van der Waals surface area contributed by atoms with E-state index in [1.54, 1.807) is 12.1 Å². The van der Waals surface area contributed by atoms with Gasteiger partial charge in [-0.2, -0.15) is 0 Å². The molecule has 0 spiro atoms. The zero-order valence-electron chi connectivity index (χ0n) is 13.7. The highest BCUT2D eigenvalue weighted by Gasteiger charge is 2.14. The topological polar surface area (TPSA) is 42.8 Å². The molecule has 2 aromatic carbocycles. The number of amides is 1. The lowest BCUT2D eigenvalue weighted by molar-refractivity contribution is -0.903. The Hall–Kier alpha value is -2.47. The molecule has 2 rings (SSSR count). The second kappa shape index (κ2) is 8.40. The third-order valence-corrected chi connectivity index (χ3v) is 3.71. The third kappa shape index (κ3) is 5.03. The van der Waals surface area contributed by atoms with Crippen LogP contribution in [0.15, 0.2) is 42.5 Å². The number of carbonyl (C=O) groups is 1. The smallest absolute Gasteiger partial charge is 0.279 e. The largest absolute Gasteiger partial charge is 0.494 e. The van der Waals surface area contributed by atoms with Crippen molar-refractivity contribution < 1.29 is 23.2 Å². The molecule has 1 amide bonds. The number of anilines is 1. The van der Waals surface area contributed by atoms with Gasteiger partial charge >= 0.3 is 0 Å². The van der Waals surface area contributed by atoms with Crippen molar-refractivity contribution in [2.75, 3.05) is 25.5 Å². The first-order valence-corrected chi connectivity index (χ1v) is 7.73. The van der Waals surface area contributed by atoms with E-state index >= 15 is 0 Å². The van der Waals surface area contributed by atoms with Crippen LogP contribution in [0.1, 0.15) is 12.5 Å². The first-order chi connectivity index (χ1) is 11.5. The van der Waals surface area contributed by atoms with Gasteiger partial charge in [0.1, 0.15) is 12.4 Å².